The topological polar surface area (TPSA) is 57.7 Å². The Labute approximate surface area is 193 Å². The minimum atomic E-state index is -0.154. The zero-order valence-electron chi connectivity index (χ0n) is 18.3. The molecule has 1 atom stereocenters. The van der Waals surface area contributed by atoms with E-state index in [1.807, 2.05) is 18.2 Å². The number of hydrogen-bond acceptors (Lipinski definition) is 5. The molecule has 0 radical (unpaired) electrons. The van der Waals surface area contributed by atoms with Crippen LogP contribution in [0.4, 0.5) is 11.4 Å². The fraction of sp³-hybridized carbons (Fsp3) is 0.280. The molecule has 6 nitrogen and oxygen atoms in total. The fourth-order valence-electron chi connectivity index (χ4n) is 3.76. The molecule has 32 heavy (non-hydrogen) atoms. The van der Waals surface area contributed by atoms with Crippen LogP contribution in [-0.4, -0.2) is 49.0 Å². The van der Waals surface area contributed by atoms with Crippen molar-refractivity contribution in [3.63, 3.8) is 0 Å². The van der Waals surface area contributed by atoms with Crippen molar-refractivity contribution in [1.82, 2.24) is 9.88 Å². The highest BCUT2D eigenvalue weighted by molar-refractivity contribution is 6.29. The lowest BCUT2D eigenvalue weighted by atomic mass is 10.2. The molecule has 2 aromatic carbocycles. The molecule has 1 amide bonds. The summed E-state index contributed by atoms with van der Waals surface area (Å²) in [4.78, 5) is 21.2. The molecule has 3 aromatic rings. The molecule has 0 spiro atoms. The van der Waals surface area contributed by atoms with Gasteiger partial charge in [0.15, 0.2) is 0 Å². The number of ether oxygens (including phenoxy) is 1. The van der Waals surface area contributed by atoms with Gasteiger partial charge in [-0.3, -0.25) is 4.79 Å². The highest BCUT2D eigenvalue weighted by atomic mass is 35.5. The zero-order chi connectivity index (χ0) is 22.5. The van der Waals surface area contributed by atoms with Crippen molar-refractivity contribution in [1.29, 1.82) is 0 Å². The molecule has 7 heteroatoms. The van der Waals surface area contributed by atoms with Crippen molar-refractivity contribution in [2.75, 3.05) is 37.4 Å². The van der Waals surface area contributed by atoms with Gasteiger partial charge in [-0.1, -0.05) is 11.6 Å². The Balaban J connectivity index is 1.31. The Hall–Kier alpha value is -3.09. The molecule has 1 aromatic heterocycles. The first-order chi connectivity index (χ1) is 15.5. The Morgan fingerprint density at radius 1 is 1.16 bits per heavy atom. The Morgan fingerprint density at radius 3 is 2.56 bits per heavy atom. The molecule has 1 fully saturated rings. The molecule has 4 rings (SSSR count). The molecule has 166 valence electrons. The summed E-state index contributed by atoms with van der Waals surface area (Å²) in [5, 5.41) is 3.39. The number of amides is 1. The summed E-state index contributed by atoms with van der Waals surface area (Å²) in [5.74, 6) is 0.527. The quantitative estimate of drug-likeness (QED) is 0.528. The Kier molecular flexibility index (Phi) is 6.93. The van der Waals surface area contributed by atoms with Gasteiger partial charge in [-0.25, -0.2) is 4.98 Å². The van der Waals surface area contributed by atoms with Gasteiger partial charge in [0.1, 0.15) is 17.5 Å². The van der Waals surface area contributed by atoms with Gasteiger partial charge < -0.3 is 19.9 Å². The number of aromatic nitrogens is 1. The molecule has 0 aliphatic carbocycles. The largest absolute Gasteiger partial charge is 0.489 e. The van der Waals surface area contributed by atoms with Gasteiger partial charge in [0, 0.05) is 42.3 Å². The van der Waals surface area contributed by atoms with Crippen molar-refractivity contribution in [2.45, 2.75) is 19.1 Å². The third-order valence-corrected chi connectivity index (χ3v) is 5.90. The molecule has 2 heterocycles. The SMILES string of the molecule is CN(C)C1CCN(c2ccc(NC(=O)c3ccc(OCc4ccnc(Cl)c4)cc3)cc2)C1. The summed E-state index contributed by atoms with van der Waals surface area (Å²) in [5.41, 5.74) is 3.46. The van der Waals surface area contributed by atoms with Crippen LogP contribution in [0.15, 0.2) is 66.9 Å². The average Bonchev–Trinajstić information content (AvgIpc) is 3.29. The van der Waals surface area contributed by atoms with Crippen LogP contribution >= 0.6 is 11.6 Å². The van der Waals surface area contributed by atoms with Crippen molar-refractivity contribution in [3.8, 4) is 5.75 Å². The molecular weight excluding hydrogens is 424 g/mol. The van der Waals surface area contributed by atoms with E-state index in [-0.39, 0.29) is 5.91 Å². The number of nitrogens with one attached hydrogen (secondary N) is 1. The molecular formula is C25H27ClN4O2. The van der Waals surface area contributed by atoms with Crippen LogP contribution < -0.4 is 15.0 Å². The summed E-state index contributed by atoms with van der Waals surface area (Å²) in [6.07, 6.45) is 2.81. The smallest absolute Gasteiger partial charge is 0.255 e. The number of likely N-dealkylation sites (N-methyl/N-ethyl adjacent to an activating group) is 1. The first kappa shape index (κ1) is 22.1. The van der Waals surface area contributed by atoms with Crippen molar-refractivity contribution in [2.24, 2.45) is 0 Å². The van der Waals surface area contributed by atoms with Crippen LogP contribution in [-0.2, 0) is 6.61 Å². The van der Waals surface area contributed by atoms with Crippen LogP contribution in [0.1, 0.15) is 22.3 Å². The van der Waals surface area contributed by atoms with Gasteiger partial charge in [-0.15, -0.1) is 0 Å². The van der Waals surface area contributed by atoms with Crippen LogP contribution in [0.2, 0.25) is 5.15 Å². The van der Waals surface area contributed by atoms with Crippen molar-refractivity contribution >= 4 is 28.9 Å². The highest BCUT2D eigenvalue weighted by Gasteiger charge is 2.23. The van der Waals surface area contributed by atoms with Crippen LogP contribution in [0.5, 0.6) is 5.75 Å². The van der Waals surface area contributed by atoms with E-state index >= 15 is 0 Å². The van der Waals surface area contributed by atoms with Gasteiger partial charge in [0.05, 0.1) is 0 Å². The Bertz CT molecular complexity index is 1050. The third kappa shape index (κ3) is 5.58. The zero-order valence-corrected chi connectivity index (χ0v) is 19.0. The number of anilines is 2. The predicted molar refractivity (Wildman–Crippen MR) is 129 cm³/mol. The second-order valence-electron chi connectivity index (χ2n) is 8.15. The third-order valence-electron chi connectivity index (χ3n) is 5.70. The lowest BCUT2D eigenvalue weighted by Gasteiger charge is -2.22. The summed E-state index contributed by atoms with van der Waals surface area (Å²) in [6.45, 7) is 2.46. The summed E-state index contributed by atoms with van der Waals surface area (Å²) in [6, 6.07) is 19.3. The van der Waals surface area contributed by atoms with Gasteiger partial charge in [0.2, 0.25) is 0 Å². The number of halogens is 1. The number of nitrogens with zero attached hydrogens (tertiary/aromatic N) is 3. The van der Waals surface area contributed by atoms with E-state index in [9.17, 15) is 4.79 Å². The van der Waals surface area contributed by atoms with Crippen molar-refractivity contribution < 1.29 is 9.53 Å². The van der Waals surface area contributed by atoms with Crippen LogP contribution in [0, 0.1) is 0 Å². The molecule has 0 bridgehead atoms. The summed E-state index contributed by atoms with van der Waals surface area (Å²) < 4.78 is 5.76. The Morgan fingerprint density at radius 2 is 1.91 bits per heavy atom. The standard InChI is InChI=1S/C25H27ClN4O2/c1-29(2)22-12-14-30(16-22)21-7-5-20(6-8-21)28-25(31)19-3-9-23(10-4-19)32-17-18-11-13-27-24(26)15-18/h3-11,13,15,22H,12,14,16-17H2,1-2H3,(H,28,31). The van der Waals surface area contributed by atoms with Crippen LogP contribution in [0.25, 0.3) is 0 Å². The van der Waals surface area contributed by atoms with Gasteiger partial charge in [-0.2, -0.15) is 0 Å². The maximum absolute atomic E-state index is 12.6. The van der Waals surface area contributed by atoms with Gasteiger partial charge in [-0.05, 0) is 86.7 Å². The van der Waals surface area contributed by atoms with Gasteiger partial charge in [0.25, 0.3) is 5.91 Å². The maximum Gasteiger partial charge on any atom is 0.255 e. The van der Waals surface area contributed by atoms with Gasteiger partial charge >= 0.3 is 0 Å². The number of carbonyl (C=O) groups is 1. The molecule has 1 saturated heterocycles. The molecule has 1 aliphatic heterocycles. The monoisotopic (exact) mass is 450 g/mol. The summed E-state index contributed by atoms with van der Waals surface area (Å²) >= 11 is 5.89. The fourth-order valence-corrected chi connectivity index (χ4v) is 3.95. The first-order valence-electron chi connectivity index (χ1n) is 10.6. The molecule has 1 aliphatic rings. The first-order valence-corrected chi connectivity index (χ1v) is 11.0. The maximum atomic E-state index is 12.6. The van der Waals surface area contributed by atoms with E-state index < -0.39 is 0 Å². The normalized spacial score (nSPS) is 15.8. The number of hydrogen-bond donors (Lipinski definition) is 1. The minimum absolute atomic E-state index is 0.154. The number of benzene rings is 2. The number of rotatable bonds is 7. The van der Waals surface area contributed by atoms with E-state index in [1.165, 1.54) is 12.1 Å². The second-order valence-corrected chi connectivity index (χ2v) is 8.54. The van der Waals surface area contributed by atoms with Crippen LogP contribution in [0.3, 0.4) is 0 Å². The van der Waals surface area contributed by atoms with E-state index in [0.717, 1.165) is 24.3 Å². The lowest BCUT2D eigenvalue weighted by molar-refractivity contribution is 0.102. The van der Waals surface area contributed by atoms with E-state index in [4.69, 9.17) is 16.3 Å². The summed E-state index contributed by atoms with van der Waals surface area (Å²) in [7, 11) is 4.25. The van der Waals surface area contributed by atoms with Crippen molar-refractivity contribution in [3.05, 3.63) is 83.1 Å². The number of carbonyl (C=O) groups excluding carboxylic acids is 1. The highest BCUT2D eigenvalue weighted by Crippen LogP contribution is 2.24. The molecule has 1 unspecified atom stereocenters. The van der Waals surface area contributed by atoms with E-state index in [0.29, 0.717) is 29.1 Å². The predicted octanol–water partition coefficient (Wildman–Crippen LogP) is 4.71. The molecule has 1 N–H and O–H groups in total. The minimum Gasteiger partial charge on any atom is -0.489 e. The lowest BCUT2D eigenvalue weighted by Crippen LogP contribution is -2.31. The molecule has 0 saturated carbocycles. The van der Waals surface area contributed by atoms with E-state index in [1.54, 1.807) is 36.5 Å². The van der Waals surface area contributed by atoms with E-state index in [2.05, 4.69) is 46.3 Å². The average molecular weight is 451 g/mol. The second kappa shape index (κ2) is 10.0. The number of pyridine rings is 1.